The van der Waals surface area contributed by atoms with Crippen molar-refractivity contribution in [3.05, 3.63) is 177 Å². The molecule has 10 rings (SSSR count). The molecule has 10 amide bonds. The fraction of sp³-hybridized carbons (Fsp3) is 0.343. The van der Waals surface area contributed by atoms with Crippen molar-refractivity contribution in [1.82, 2.24) is 19.6 Å². The molecule has 0 saturated carbocycles. The van der Waals surface area contributed by atoms with Crippen LogP contribution in [0.15, 0.2) is 155 Å². The Bertz CT molecular complexity index is 3590. The molecule has 492 valence electrons. The van der Waals surface area contributed by atoms with Gasteiger partial charge in [-0.15, -0.1) is 0 Å². The molecule has 4 heterocycles. The van der Waals surface area contributed by atoms with Crippen LogP contribution in [0.4, 0.5) is 43.7 Å². The second kappa shape index (κ2) is 30.6. The highest BCUT2D eigenvalue weighted by molar-refractivity contribution is 9.10. The van der Waals surface area contributed by atoms with Crippen LogP contribution in [0.25, 0.3) is 0 Å². The first-order chi connectivity index (χ1) is 44.8. The van der Waals surface area contributed by atoms with Crippen molar-refractivity contribution in [3.8, 4) is 0 Å². The molecule has 24 heteroatoms. The van der Waals surface area contributed by atoms with E-state index >= 15 is 0 Å². The molecule has 0 aliphatic carbocycles. The number of rotatable bonds is 14. The van der Waals surface area contributed by atoms with Gasteiger partial charge in [-0.2, -0.15) is 0 Å². The van der Waals surface area contributed by atoms with E-state index in [0.29, 0.717) is 88.9 Å². The maximum Gasteiger partial charge on any atom is 0.410 e. The fourth-order valence-corrected chi connectivity index (χ4v) is 12.0. The zero-order valence-electron chi connectivity index (χ0n) is 53.1. The van der Waals surface area contributed by atoms with Crippen molar-refractivity contribution in [3.63, 3.8) is 0 Å². The summed E-state index contributed by atoms with van der Waals surface area (Å²) in [6.07, 6.45) is 3.46. The van der Waals surface area contributed by atoms with Crippen LogP contribution in [0.5, 0.6) is 0 Å². The summed E-state index contributed by atoms with van der Waals surface area (Å²) in [7, 11) is 0. The average Bonchev–Trinajstić information content (AvgIpc) is 1.48. The number of hydrogen-bond acceptors (Lipinski definition) is 12. The molecule has 6 aromatic rings. The van der Waals surface area contributed by atoms with E-state index in [2.05, 4.69) is 63.8 Å². The Morgan fingerprint density at radius 1 is 0.351 bits per heavy atom. The third-order valence-corrected chi connectivity index (χ3v) is 17.0. The zero-order chi connectivity index (χ0) is 67.4. The van der Waals surface area contributed by atoms with Crippen LogP contribution in [-0.4, -0.2) is 141 Å². The van der Waals surface area contributed by atoms with E-state index in [1.807, 2.05) is 24.3 Å². The number of halogens is 2. The van der Waals surface area contributed by atoms with Crippen molar-refractivity contribution in [2.24, 2.45) is 0 Å². The van der Waals surface area contributed by atoms with Gasteiger partial charge in [-0.3, -0.25) is 48.2 Å². The molecule has 4 aliphatic rings. The van der Waals surface area contributed by atoms with Gasteiger partial charge < -0.3 is 51.2 Å². The third-order valence-electron chi connectivity index (χ3n) is 15.9. The Balaban J connectivity index is 0.000000221. The van der Waals surface area contributed by atoms with E-state index in [0.717, 1.165) is 8.95 Å². The number of nitrogens with zero attached hydrogens (tertiary/aromatic N) is 4. The number of ether oxygens (including phenoxy) is 2. The monoisotopic (exact) mass is 1410 g/mol. The highest BCUT2D eigenvalue weighted by Gasteiger charge is 2.41. The van der Waals surface area contributed by atoms with Gasteiger partial charge in [0, 0.05) is 46.5 Å². The third kappa shape index (κ3) is 17.6. The lowest BCUT2D eigenvalue weighted by atomic mass is 10.1. The number of benzene rings is 6. The molecule has 4 atom stereocenters. The highest BCUT2D eigenvalue weighted by atomic mass is 79.9. The van der Waals surface area contributed by atoms with Gasteiger partial charge in [0.2, 0.25) is 23.6 Å². The van der Waals surface area contributed by atoms with Crippen molar-refractivity contribution in [1.29, 1.82) is 0 Å². The lowest BCUT2D eigenvalue weighted by Crippen LogP contribution is -2.45. The predicted octanol–water partition coefficient (Wildman–Crippen LogP) is 12.6. The second-order valence-corrected chi connectivity index (χ2v) is 26.9. The van der Waals surface area contributed by atoms with Gasteiger partial charge >= 0.3 is 12.2 Å². The SMILES string of the molecule is CC(C)(C)OC(=O)N1CCC[C@@H]1C(=O)Nc1ccccc1C(=O)Nc1ccccc1C(=O)N1CCC[C@H]1C(=O)Nc1ccc(Br)cc1.CC(C)(C)OC(=O)N1CCC[C@@H]1C(=O)Nc1ccccc1C(=O)Nc1ccccc1C(=O)N1CCC[C@H]1C(=O)Nc1ccc(Br)cc1. The van der Waals surface area contributed by atoms with E-state index in [-0.39, 0.29) is 68.6 Å². The van der Waals surface area contributed by atoms with Gasteiger partial charge in [-0.25, -0.2) is 9.59 Å². The number of carbonyl (C=O) groups excluding carboxylic acids is 10. The van der Waals surface area contributed by atoms with Crippen LogP contribution in [0.2, 0.25) is 0 Å². The number of likely N-dealkylation sites (tertiary alicyclic amines) is 4. The molecule has 0 aromatic heterocycles. The molecule has 6 N–H and O–H groups in total. The maximum absolute atomic E-state index is 13.8. The summed E-state index contributed by atoms with van der Waals surface area (Å²) in [5, 5.41) is 17.1. The summed E-state index contributed by atoms with van der Waals surface area (Å²) in [6, 6.07) is 37.9. The largest absolute Gasteiger partial charge is 0.444 e. The number of carbonyl (C=O) groups is 10. The molecule has 4 saturated heterocycles. The van der Waals surface area contributed by atoms with Crippen molar-refractivity contribution >= 4 is 125 Å². The van der Waals surface area contributed by atoms with E-state index in [4.69, 9.17) is 9.47 Å². The molecule has 22 nitrogen and oxygen atoms in total. The molecule has 4 aliphatic heterocycles. The minimum absolute atomic E-state index is 0.179. The second-order valence-electron chi connectivity index (χ2n) is 25.0. The van der Waals surface area contributed by atoms with Crippen LogP contribution in [-0.2, 0) is 28.7 Å². The van der Waals surface area contributed by atoms with E-state index in [1.54, 1.807) is 163 Å². The Morgan fingerprint density at radius 3 is 0.936 bits per heavy atom. The first-order valence-corrected chi connectivity index (χ1v) is 32.8. The highest BCUT2D eigenvalue weighted by Crippen LogP contribution is 2.31. The van der Waals surface area contributed by atoms with E-state index in [9.17, 15) is 47.9 Å². The minimum atomic E-state index is -0.742. The van der Waals surface area contributed by atoms with Gasteiger partial charge in [-0.1, -0.05) is 80.4 Å². The van der Waals surface area contributed by atoms with E-state index in [1.165, 1.54) is 19.6 Å². The number of hydrogen-bond donors (Lipinski definition) is 6. The van der Waals surface area contributed by atoms with Crippen molar-refractivity contribution in [2.45, 2.75) is 128 Å². The summed E-state index contributed by atoms with van der Waals surface area (Å²) < 4.78 is 12.7. The summed E-state index contributed by atoms with van der Waals surface area (Å²) in [6.45, 7) is 12.2. The molecular weight excluding hydrogens is 1330 g/mol. The van der Waals surface area contributed by atoms with Crippen LogP contribution in [0.3, 0.4) is 0 Å². The van der Waals surface area contributed by atoms with Crippen LogP contribution in [0.1, 0.15) is 134 Å². The molecular formula is C70H76Br2N10O12. The zero-order valence-corrected chi connectivity index (χ0v) is 56.3. The molecule has 0 unspecified atom stereocenters. The average molecular weight is 1410 g/mol. The number of para-hydroxylation sites is 4. The Kier molecular flexibility index (Phi) is 22.4. The van der Waals surface area contributed by atoms with Gasteiger partial charge in [0.15, 0.2) is 0 Å². The molecule has 0 radical (unpaired) electrons. The first kappa shape index (κ1) is 68.9. The molecule has 0 spiro atoms. The van der Waals surface area contributed by atoms with Gasteiger partial charge in [0.05, 0.1) is 45.0 Å². The standard InChI is InChI=1S/2C35H38BrN5O6/c2*1-35(2,3)47-34(46)41-21-9-15-29(41)32(44)39-26-12-6-4-10-24(26)30(42)38-27-13-7-5-11-25(27)33(45)40-20-8-14-28(40)31(43)37-23-18-16-22(36)17-19-23/h2*4-7,10-13,16-19,28-29H,8-9,14-15,20-21H2,1-3H3,(H,37,43)(H,38,42)(H,39,44)/t2*28-,29+/m00/s1. The van der Waals surface area contributed by atoms with Gasteiger partial charge in [0.1, 0.15) is 35.4 Å². The van der Waals surface area contributed by atoms with Crippen LogP contribution >= 0.6 is 31.9 Å². The Hall–Kier alpha value is -9.42. The molecule has 0 bridgehead atoms. The number of anilines is 6. The quantitative estimate of drug-likeness (QED) is 0.0594. The van der Waals surface area contributed by atoms with E-state index < -0.39 is 71.2 Å². The molecule has 6 aromatic carbocycles. The van der Waals surface area contributed by atoms with Gasteiger partial charge in [0.25, 0.3) is 23.6 Å². The lowest BCUT2D eigenvalue weighted by molar-refractivity contribution is -0.121. The maximum atomic E-state index is 13.8. The number of amides is 10. The summed E-state index contributed by atoms with van der Waals surface area (Å²) in [5.74, 6) is -3.24. The van der Waals surface area contributed by atoms with Crippen molar-refractivity contribution in [2.75, 3.05) is 58.1 Å². The van der Waals surface area contributed by atoms with Crippen molar-refractivity contribution < 1.29 is 57.4 Å². The van der Waals surface area contributed by atoms with Crippen LogP contribution < -0.4 is 31.9 Å². The normalized spacial score (nSPS) is 17.6. The lowest BCUT2D eigenvalue weighted by Gasteiger charge is -2.28. The first-order valence-electron chi connectivity index (χ1n) is 31.2. The number of nitrogens with one attached hydrogen (secondary N) is 6. The summed E-state index contributed by atoms with van der Waals surface area (Å²) >= 11 is 6.77. The minimum Gasteiger partial charge on any atom is -0.444 e. The summed E-state index contributed by atoms with van der Waals surface area (Å²) in [4.78, 5) is 139. The Morgan fingerprint density at radius 2 is 0.617 bits per heavy atom. The topological polar surface area (TPSA) is 274 Å². The fourth-order valence-electron chi connectivity index (χ4n) is 11.5. The van der Waals surface area contributed by atoms with Crippen LogP contribution in [0, 0.1) is 0 Å². The molecule has 94 heavy (non-hydrogen) atoms. The Labute approximate surface area is 562 Å². The van der Waals surface area contributed by atoms with Gasteiger partial charge in [-0.05, 0) is 190 Å². The smallest absolute Gasteiger partial charge is 0.410 e. The predicted molar refractivity (Wildman–Crippen MR) is 365 cm³/mol. The molecule has 4 fully saturated rings. The summed E-state index contributed by atoms with van der Waals surface area (Å²) in [5.41, 5.74) is 1.76.